The minimum atomic E-state index is -0.703. The van der Waals surface area contributed by atoms with Crippen LogP contribution in [-0.4, -0.2) is 30.9 Å². The van der Waals surface area contributed by atoms with Gasteiger partial charge in [0.15, 0.2) is 16.3 Å². The lowest BCUT2D eigenvalue weighted by Crippen LogP contribution is -2.39. The maximum atomic E-state index is 13.9. The van der Waals surface area contributed by atoms with Crippen molar-refractivity contribution in [2.75, 3.05) is 20.3 Å². The molecule has 1 aliphatic rings. The Morgan fingerprint density at radius 2 is 1.74 bits per heavy atom. The molecule has 0 fully saturated rings. The average Bonchev–Trinajstić information content (AvgIpc) is 3.31. The van der Waals surface area contributed by atoms with E-state index in [-0.39, 0.29) is 12.2 Å². The van der Waals surface area contributed by atoms with E-state index in [9.17, 15) is 9.59 Å². The molecule has 4 aromatic rings. The summed E-state index contributed by atoms with van der Waals surface area (Å²) in [7, 11) is 1.58. The Hall–Kier alpha value is -4.34. The number of allylic oxidation sites excluding steroid dienone is 1. The van der Waals surface area contributed by atoms with Gasteiger partial charge in [0.25, 0.3) is 5.56 Å². The summed E-state index contributed by atoms with van der Waals surface area (Å²) in [6.07, 6.45) is 1.80. The molecule has 0 saturated carbocycles. The molecule has 0 unspecified atom stereocenters. The first-order valence-electron chi connectivity index (χ1n) is 13.8. The van der Waals surface area contributed by atoms with Crippen LogP contribution in [0, 0.1) is 0 Å². The highest BCUT2D eigenvalue weighted by Gasteiger charge is 2.33. The Bertz CT molecular complexity index is 1840. The number of carbonyl (C=O) groups excluding carboxylic acids is 1. The van der Waals surface area contributed by atoms with Crippen molar-refractivity contribution in [3.05, 3.63) is 119 Å². The summed E-state index contributed by atoms with van der Waals surface area (Å²) in [5.41, 5.74) is 3.04. The third kappa shape index (κ3) is 6.53. The maximum Gasteiger partial charge on any atom is 0.338 e. The molecular formula is C33H31ClN2O6S. The van der Waals surface area contributed by atoms with Gasteiger partial charge in [-0.3, -0.25) is 9.36 Å². The number of carbonyl (C=O) groups is 1. The van der Waals surface area contributed by atoms with Crippen molar-refractivity contribution in [3.8, 4) is 17.2 Å². The van der Waals surface area contributed by atoms with E-state index in [4.69, 9.17) is 30.5 Å². The highest BCUT2D eigenvalue weighted by molar-refractivity contribution is 7.07. The number of hydrogen-bond acceptors (Lipinski definition) is 8. The van der Waals surface area contributed by atoms with Crippen LogP contribution in [0.5, 0.6) is 17.2 Å². The zero-order valence-corrected chi connectivity index (χ0v) is 25.8. The summed E-state index contributed by atoms with van der Waals surface area (Å²) in [5, 5.41) is 0.663. The summed E-state index contributed by atoms with van der Waals surface area (Å²) < 4.78 is 24.6. The first kappa shape index (κ1) is 30.1. The summed E-state index contributed by atoms with van der Waals surface area (Å²) >= 11 is 7.25. The second kappa shape index (κ2) is 13.3. The van der Waals surface area contributed by atoms with Crippen molar-refractivity contribution in [1.82, 2.24) is 4.57 Å². The molecule has 0 spiro atoms. The van der Waals surface area contributed by atoms with E-state index >= 15 is 0 Å². The van der Waals surface area contributed by atoms with E-state index in [0.717, 1.165) is 16.7 Å². The highest BCUT2D eigenvalue weighted by atomic mass is 35.5. The molecule has 0 N–H and O–H groups in total. The van der Waals surface area contributed by atoms with Crippen molar-refractivity contribution in [1.29, 1.82) is 0 Å². The van der Waals surface area contributed by atoms with Gasteiger partial charge in [-0.2, -0.15) is 0 Å². The van der Waals surface area contributed by atoms with Crippen molar-refractivity contribution < 1.29 is 23.7 Å². The lowest BCUT2D eigenvalue weighted by atomic mass is 9.96. The zero-order valence-electron chi connectivity index (χ0n) is 24.3. The van der Waals surface area contributed by atoms with Gasteiger partial charge in [0, 0.05) is 5.02 Å². The molecule has 0 saturated heterocycles. The van der Waals surface area contributed by atoms with Gasteiger partial charge in [-0.05, 0) is 79.9 Å². The zero-order chi connectivity index (χ0) is 30.5. The number of aromatic nitrogens is 1. The average molecular weight is 619 g/mol. The van der Waals surface area contributed by atoms with Crippen LogP contribution in [0.4, 0.5) is 0 Å². The van der Waals surface area contributed by atoms with Gasteiger partial charge in [0.2, 0.25) is 0 Å². The monoisotopic (exact) mass is 618 g/mol. The molecular weight excluding hydrogens is 588 g/mol. The molecule has 3 aromatic carbocycles. The van der Waals surface area contributed by atoms with Gasteiger partial charge in [0.05, 0.1) is 42.2 Å². The number of methoxy groups -OCH3 is 1. The predicted octanol–water partition coefficient (Wildman–Crippen LogP) is 5.44. The van der Waals surface area contributed by atoms with E-state index in [1.165, 1.54) is 11.3 Å². The van der Waals surface area contributed by atoms with Crippen LogP contribution >= 0.6 is 22.9 Å². The molecule has 0 amide bonds. The van der Waals surface area contributed by atoms with Crippen LogP contribution in [0.1, 0.15) is 43.5 Å². The molecule has 0 radical (unpaired) electrons. The van der Waals surface area contributed by atoms with Crippen molar-refractivity contribution in [3.63, 3.8) is 0 Å². The third-order valence-corrected chi connectivity index (χ3v) is 8.06. The Kier molecular flexibility index (Phi) is 9.33. The largest absolute Gasteiger partial charge is 0.497 e. The van der Waals surface area contributed by atoms with Gasteiger partial charge >= 0.3 is 5.97 Å². The molecule has 1 aromatic heterocycles. The van der Waals surface area contributed by atoms with Crippen molar-refractivity contribution in [2.45, 2.75) is 33.4 Å². The van der Waals surface area contributed by atoms with Gasteiger partial charge in [-0.1, -0.05) is 53.3 Å². The molecule has 222 valence electrons. The highest BCUT2D eigenvalue weighted by Crippen LogP contribution is 2.32. The van der Waals surface area contributed by atoms with Crippen LogP contribution in [0.3, 0.4) is 0 Å². The first-order chi connectivity index (χ1) is 20.8. The topological polar surface area (TPSA) is 88.4 Å². The lowest BCUT2D eigenvalue weighted by Gasteiger charge is -2.24. The number of benzene rings is 3. The van der Waals surface area contributed by atoms with Crippen LogP contribution in [0.25, 0.3) is 6.08 Å². The molecule has 1 atom stereocenters. The summed E-state index contributed by atoms with van der Waals surface area (Å²) in [6, 6.07) is 19.6. The number of thiazole rings is 1. The number of halogens is 1. The van der Waals surface area contributed by atoms with Crippen LogP contribution in [-0.2, 0) is 16.1 Å². The lowest BCUT2D eigenvalue weighted by molar-refractivity contribution is -0.139. The second-order valence-electron chi connectivity index (χ2n) is 9.63. The number of ether oxygens (including phenoxy) is 4. The molecule has 5 rings (SSSR count). The Morgan fingerprint density at radius 3 is 2.42 bits per heavy atom. The van der Waals surface area contributed by atoms with Gasteiger partial charge in [-0.15, -0.1) is 0 Å². The molecule has 0 bridgehead atoms. The van der Waals surface area contributed by atoms with E-state index < -0.39 is 12.0 Å². The molecule has 8 nitrogen and oxygen atoms in total. The Labute approximate surface area is 258 Å². The van der Waals surface area contributed by atoms with Crippen LogP contribution in [0.2, 0.25) is 5.02 Å². The van der Waals surface area contributed by atoms with E-state index in [0.29, 0.717) is 56.1 Å². The molecule has 10 heteroatoms. The molecule has 2 heterocycles. The van der Waals surface area contributed by atoms with E-state index in [2.05, 4.69) is 4.99 Å². The fourth-order valence-corrected chi connectivity index (χ4v) is 5.96. The first-order valence-corrected chi connectivity index (χ1v) is 15.0. The standard InChI is InChI=1S/C33H31ClN2O6S/c1-5-40-27-17-22(9-16-26(27)42-19-21-7-12-24(34)13-8-21)18-28-31(37)36-30(23-10-14-25(39-4)15-11-23)29(32(38)41-6-2)20(3)35-33(36)43-28/h7-18,30H,5-6,19H2,1-4H3/b28-18-/t30-/m0/s1. The Balaban J connectivity index is 1.54. The van der Waals surface area contributed by atoms with Crippen molar-refractivity contribution in [2.24, 2.45) is 4.99 Å². The summed E-state index contributed by atoms with van der Waals surface area (Å²) in [4.78, 5) is 32.2. The van der Waals surface area contributed by atoms with Gasteiger partial charge < -0.3 is 18.9 Å². The number of rotatable bonds is 10. The van der Waals surface area contributed by atoms with E-state index in [1.54, 1.807) is 43.7 Å². The quantitative estimate of drug-likeness (QED) is 0.220. The molecule has 0 aliphatic carbocycles. The Morgan fingerprint density at radius 1 is 1.00 bits per heavy atom. The second-order valence-corrected chi connectivity index (χ2v) is 11.1. The SMILES string of the molecule is CCOC(=O)C1=C(C)N=c2s/c(=C\c3ccc(OCc4ccc(Cl)cc4)c(OCC)c3)c(=O)n2[C@H]1c1ccc(OC)cc1. The summed E-state index contributed by atoms with van der Waals surface area (Å²) in [5.74, 6) is 1.31. The molecule has 43 heavy (non-hydrogen) atoms. The van der Waals surface area contributed by atoms with Crippen molar-refractivity contribution >= 4 is 35.0 Å². The smallest absolute Gasteiger partial charge is 0.338 e. The minimum Gasteiger partial charge on any atom is -0.497 e. The molecule has 1 aliphatic heterocycles. The number of fused-ring (bicyclic) bond motifs is 1. The van der Waals surface area contributed by atoms with Gasteiger partial charge in [0.1, 0.15) is 12.4 Å². The van der Waals surface area contributed by atoms with E-state index in [1.807, 2.05) is 61.5 Å². The van der Waals surface area contributed by atoms with Gasteiger partial charge in [-0.25, -0.2) is 9.79 Å². The minimum absolute atomic E-state index is 0.205. The van der Waals surface area contributed by atoms with Crippen LogP contribution in [0.15, 0.2) is 87.8 Å². The van der Waals surface area contributed by atoms with Crippen LogP contribution < -0.4 is 29.1 Å². The number of hydrogen-bond donors (Lipinski definition) is 0. The predicted molar refractivity (Wildman–Crippen MR) is 167 cm³/mol. The maximum absolute atomic E-state index is 13.9. The fourth-order valence-electron chi connectivity index (χ4n) is 4.79. The number of esters is 1. The normalized spacial score (nSPS) is 14.6. The fraction of sp³-hybridized carbons (Fsp3) is 0.242. The third-order valence-electron chi connectivity index (χ3n) is 6.82. The summed E-state index contributed by atoms with van der Waals surface area (Å²) in [6.45, 7) is 6.41. The number of nitrogens with zero attached hydrogens (tertiary/aromatic N) is 2.